The number of benzene rings is 3. The van der Waals surface area contributed by atoms with Crippen molar-refractivity contribution in [1.29, 1.82) is 0 Å². The second-order valence-corrected chi connectivity index (χ2v) is 7.40. The molecule has 1 heterocycles. The predicted molar refractivity (Wildman–Crippen MR) is 117 cm³/mol. The molecule has 0 bridgehead atoms. The molecule has 8 nitrogen and oxygen atoms in total. The Morgan fingerprint density at radius 2 is 1.34 bits per heavy atom. The van der Waals surface area contributed by atoms with Gasteiger partial charge in [-0.15, -0.1) is 0 Å². The van der Waals surface area contributed by atoms with Crippen molar-refractivity contribution >= 4 is 29.4 Å². The minimum atomic E-state index is -1.28. The van der Waals surface area contributed by atoms with Crippen LogP contribution in [-0.2, 0) is 10.3 Å². The first-order valence-corrected chi connectivity index (χ1v) is 9.88. The smallest absolute Gasteiger partial charge is 0.322 e. The average molecular weight is 428 g/mol. The largest absolute Gasteiger partial charge is 0.344 e. The zero-order valence-electron chi connectivity index (χ0n) is 17.2. The summed E-state index contributed by atoms with van der Waals surface area (Å²) in [6.45, 7) is 1.58. The first-order valence-electron chi connectivity index (χ1n) is 9.88. The summed E-state index contributed by atoms with van der Waals surface area (Å²) < 4.78 is 0. The highest BCUT2D eigenvalue weighted by atomic mass is 16.2. The number of rotatable bonds is 5. The van der Waals surface area contributed by atoms with Crippen molar-refractivity contribution in [3.05, 3.63) is 102 Å². The summed E-state index contributed by atoms with van der Waals surface area (Å²) in [7, 11) is 0. The molecule has 160 valence electrons. The molecule has 4 rings (SSSR count). The van der Waals surface area contributed by atoms with Gasteiger partial charge < -0.3 is 10.6 Å². The Hall–Kier alpha value is -4.46. The molecule has 1 saturated heterocycles. The van der Waals surface area contributed by atoms with Crippen LogP contribution in [0, 0.1) is 0 Å². The number of nitrogens with zero attached hydrogens (tertiary/aromatic N) is 1. The Morgan fingerprint density at radius 1 is 0.781 bits per heavy atom. The van der Waals surface area contributed by atoms with Gasteiger partial charge in [0.05, 0.1) is 0 Å². The van der Waals surface area contributed by atoms with Crippen LogP contribution in [0.5, 0.6) is 0 Å². The Balaban J connectivity index is 1.43. The Kier molecular flexibility index (Phi) is 5.43. The van der Waals surface area contributed by atoms with Crippen molar-refractivity contribution in [2.45, 2.75) is 12.5 Å². The van der Waals surface area contributed by atoms with Crippen molar-refractivity contribution in [2.24, 2.45) is 0 Å². The van der Waals surface area contributed by atoms with Crippen LogP contribution < -0.4 is 16.1 Å². The van der Waals surface area contributed by atoms with Crippen LogP contribution in [0.15, 0.2) is 84.9 Å². The van der Waals surface area contributed by atoms with Gasteiger partial charge in [-0.05, 0) is 48.9 Å². The van der Waals surface area contributed by atoms with Crippen molar-refractivity contribution in [3.63, 3.8) is 0 Å². The highest BCUT2D eigenvalue weighted by molar-refractivity contribution is 6.09. The van der Waals surface area contributed by atoms with E-state index in [0.29, 0.717) is 21.8 Å². The Labute approximate surface area is 184 Å². The van der Waals surface area contributed by atoms with E-state index in [-0.39, 0.29) is 11.5 Å². The predicted octanol–water partition coefficient (Wildman–Crippen LogP) is 3.05. The quantitative estimate of drug-likeness (QED) is 0.543. The molecule has 5 amide bonds. The molecule has 0 radical (unpaired) electrons. The second-order valence-electron chi connectivity index (χ2n) is 7.40. The number of amides is 5. The van der Waals surface area contributed by atoms with Crippen LogP contribution in [0.4, 0.5) is 10.5 Å². The number of hydrogen-bond donors (Lipinski definition) is 3. The number of hydrazine groups is 1. The van der Waals surface area contributed by atoms with E-state index in [1.54, 1.807) is 73.7 Å². The highest BCUT2D eigenvalue weighted by Crippen LogP contribution is 2.27. The SMILES string of the molecule is CC1(c2ccccc2)NC(=O)N(NC(=O)c2ccc(NC(=O)c3ccccc3)cc2)C1=O. The van der Waals surface area contributed by atoms with Crippen molar-refractivity contribution < 1.29 is 19.2 Å². The van der Waals surface area contributed by atoms with E-state index in [2.05, 4.69) is 16.1 Å². The van der Waals surface area contributed by atoms with Gasteiger partial charge in [0.25, 0.3) is 17.7 Å². The molecule has 1 aliphatic heterocycles. The molecule has 0 spiro atoms. The maximum Gasteiger partial charge on any atom is 0.344 e. The van der Waals surface area contributed by atoms with Gasteiger partial charge in [-0.25, -0.2) is 4.79 Å². The molecule has 0 saturated carbocycles. The number of hydrogen-bond acceptors (Lipinski definition) is 4. The molecular weight excluding hydrogens is 408 g/mol. The number of nitrogens with one attached hydrogen (secondary N) is 3. The molecule has 3 N–H and O–H groups in total. The molecule has 1 atom stereocenters. The van der Waals surface area contributed by atoms with E-state index >= 15 is 0 Å². The van der Waals surface area contributed by atoms with E-state index < -0.39 is 23.4 Å². The lowest BCUT2D eigenvalue weighted by atomic mass is 9.92. The molecule has 0 aromatic heterocycles. The molecule has 1 fully saturated rings. The van der Waals surface area contributed by atoms with Gasteiger partial charge in [-0.1, -0.05) is 48.5 Å². The third kappa shape index (κ3) is 3.93. The Morgan fingerprint density at radius 3 is 1.97 bits per heavy atom. The van der Waals surface area contributed by atoms with Crippen LogP contribution in [-0.4, -0.2) is 28.8 Å². The van der Waals surface area contributed by atoms with Crippen molar-refractivity contribution in [1.82, 2.24) is 15.8 Å². The number of anilines is 1. The molecule has 32 heavy (non-hydrogen) atoms. The topological polar surface area (TPSA) is 108 Å². The van der Waals surface area contributed by atoms with Gasteiger partial charge in [0.1, 0.15) is 5.54 Å². The standard InChI is InChI=1S/C24H20N4O4/c1-24(18-10-6-3-7-11-18)22(31)28(23(32)26-24)27-21(30)17-12-14-19(15-13-17)25-20(29)16-8-4-2-5-9-16/h2-15H,1H3,(H,25,29)(H,26,32)(H,27,30). The third-order valence-corrected chi connectivity index (χ3v) is 5.20. The summed E-state index contributed by atoms with van der Waals surface area (Å²) in [6.07, 6.45) is 0. The van der Waals surface area contributed by atoms with Crippen molar-refractivity contribution in [3.8, 4) is 0 Å². The molecule has 3 aromatic rings. The summed E-state index contributed by atoms with van der Waals surface area (Å²) in [5.74, 6) is -1.50. The van der Waals surface area contributed by atoms with Gasteiger partial charge in [0.15, 0.2) is 0 Å². The normalized spacial score (nSPS) is 17.6. The van der Waals surface area contributed by atoms with Gasteiger partial charge >= 0.3 is 6.03 Å². The lowest BCUT2D eigenvalue weighted by Crippen LogP contribution is -2.47. The average Bonchev–Trinajstić information content (AvgIpc) is 3.04. The van der Waals surface area contributed by atoms with Gasteiger partial charge in [0, 0.05) is 16.8 Å². The summed E-state index contributed by atoms with van der Waals surface area (Å²) in [4.78, 5) is 50.1. The number of imide groups is 1. The fourth-order valence-electron chi connectivity index (χ4n) is 3.37. The number of urea groups is 1. The molecule has 1 unspecified atom stereocenters. The minimum absolute atomic E-state index is 0.219. The Bertz CT molecular complexity index is 1180. The fraction of sp³-hybridized carbons (Fsp3) is 0.0833. The van der Waals surface area contributed by atoms with Gasteiger partial charge in [0.2, 0.25) is 0 Å². The summed E-state index contributed by atoms with van der Waals surface area (Å²) >= 11 is 0. The summed E-state index contributed by atoms with van der Waals surface area (Å²) in [5.41, 5.74) is 2.91. The lowest BCUT2D eigenvalue weighted by Gasteiger charge is -2.22. The first-order chi connectivity index (χ1) is 15.4. The molecule has 1 aliphatic rings. The van der Waals surface area contributed by atoms with E-state index in [1.165, 1.54) is 12.1 Å². The van der Waals surface area contributed by atoms with E-state index in [4.69, 9.17) is 0 Å². The summed E-state index contributed by atoms with van der Waals surface area (Å²) in [6, 6.07) is 22.9. The zero-order valence-corrected chi connectivity index (χ0v) is 17.2. The third-order valence-electron chi connectivity index (χ3n) is 5.20. The zero-order chi connectivity index (χ0) is 22.7. The van der Waals surface area contributed by atoms with Gasteiger partial charge in [-0.2, -0.15) is 5.01 Å². The number of carbonyl (C=O) groups is 4. The van der Waals surface area contributed by atoms with E-state index in [0.717, 1.165) is 0 Å². The van der Waals surface area contributed by atoms with Crippen LogP contribution in [0.2, 0.25) is 0 Å². The maximum absolute atomic E-state index is 12.9. The van der Waals surface area contributed by atoms with Gasteiger partial charge in [-0.3, -0.25) is 19.8 Å². The van der Waals surface area contributed by atoms with Crippen molar-refractivity contribution in [2.75, 3.05) is 5.32 Å². The second kappa shape index (κ2) is 8.35. The number of carbonyl (C=O) groups excluding carboxylic acids is 4. The fourth-order valence-corrected chi connectivity index (χ4v) is 3.37. The van der Waals surface area contributed by atoms with Crippen LogP contribution in [0.1, 0.15) is 33.2 Å². The molecule has 0 aliphatic carbocycles. The lowest BCUT2D eigenvalue weighted by molar-refractivity contribution is -0.132. The van der Waals surface area contributed by atoms with E-state index in [9.17, 15) is 19.2 Å². The van der Waals surface area contributed by atoms with Crippen LogP contribution >= 0.6 is 0 Å². The van der Waals surface area contributed by atoms with Crippen LogP contribution in [0.25, 0.3) is 0 Å². The first kappa shape index (κ1) is 20.8. The minimum Gasteiger partial charge on any atom is -0.322 e. The highest BCUT2D eigenvalue weighted by Gasteiger charge is 2.50. The monoisotopic (exact) mass is 428 g/mol. The summed E-state index contributed by atoms with van der Waals surface area (Å²) in [5, 5.41) is 6.05. The van der Waals surface area contributed by atoms with E-state index in [1.807, 2.05) is 6.07 Å². The maximum atomic E-state index is 12.9. The molecule has 3 aromatic carbocycles. The molecule has 8 heteroatoms. The molecular formula is C24H20N4O4. The van der Waals surface area contributed by atoms with Crippen LogP contribution in [0.3, 0.4) is 0 Å².